The van der Waals surface area contributed by atoms with Crippen LogP contribution in [0.3, 0.4) is 0 Å². The Balaban J connectivity index is 1.31. The highest BCUT2D eigenvalue weighted by Crippen LogP contribution is 2.31. The van der Waals surface area contributed by atoms with Crippen LogP contribution in [0.4, 0.5) is 0 Å². The van der Waals surface area contributed by atoms with E-state index in [0.717, 1.165) is 55.8 Å². The van der Waals surface area contributed by atoms with Gasteiger partial charge in [0, 0.05) is 30.6 Å². The molecule has 4 heterocycles. The van der Waals surface area contributed by atoms with Crippen molar-refractivity contribution in [3.8, 4) is 0 Å². The zero-order chi connectivity index (χ0) is 21.6. The molecule has 1 fully saturated rings. The third kappa shape index (κ3) is 5.28. The number of piperidine rings is 1. The fourth-order valence-electron chi connectivity index (χ4n) is 4.24. The number of aromatic nitrogens is 4. The predicted octanol–water partition coefficient (Wildman–Crippen LogP) is 5.45. The van der Waals surface area contributed by atoms with Crippen LogP contribution in [0.25, 0.3) is 0 Å². The van der Waals surface area contributed by atoms with Gasteiger partial charge < -0.3 is 4.57 Å². The van der Waals surface area contributed by atoms with E-state index in [9.17, 15) is 0 Å². The smallest absolute Gasteiger partial charge is 0.191 e. The van der Waals surface area contributed by atoms with Gasteiger partial charge in [-0.3, -0.25) is 9.88 Å². The van der Waals surface area contributed by atoms with E-state index in [1.54, 1.807) is 23.1 Å². The van der Waals surface area contributed by atoms with Crippen LogP contribution in [0, 0.1) is 0 Å². The maximum atomic E-state index is 4.71. The SMILES string of the molecule is c1ccc(Cn2c(SCc3cccnc3)nnc2C2CCN(Cc3ccsc3)CC2)cc1. The minimum Gasteiger partial charge on any atom is -0.301 e. The van der Waals surface area contributed by atoms with Gasteiger partial charge in [-0.15, -0.1) is 10.2 Å². The molecule has 0 spiro atoms. The summed E-state index contributed by atoms with van der Waals surface area (Å²) in [4.78, 5) is 6.80. The summed E-state index contributed by atoms with van der Waals surface area (Å²) < 4.78 is 2.34. The van der Waals surface area contributed by atoms with Crippen molar-refractivity contribution in [3.63, 3.8) is 0 Å². The number of rotatable bonds is 8. The lowest BCUT2D eigenvalue weighted by Crippen LogP contribution is -2.33. The molecule has 0 N–H and O–H groups in total. The van der Waals surface area contributed by atoms with Crippen LogP contribution in [0.1, 0.15) is 41.3 Å². The van der Waals surface area contributed by atoms with E-state index in [1.165, 1.54) is 16.7 Å². The fourth-order valence-corrected chi connectivity index (χ4v) is 5.78. The Hall–Kier alpha value is -2.48. The minimum atomic E-state index is 0.456. The van der Waals surface area contributed by atoms with E-state index in [4.69, 9.17) is 5.10 Å². The van der Waals surface area contributed by atoms with Gasteiger partial charge in [0.05, 0.1) is 6.54 Å². The molecule has 0 unspecified atom stereocenters. The molecule has 0 saturated carbocycles. The van der Waals surface area contributed by atoms with Gasteiger partial charge in [-0.05, 0) is 65.5 Å². The van der Waals surface area contributed by atoms with Crippen LogP contribution in [-0.4, -0.2) is 37.7 Å². The van der Waals surface area contributed by atoms with Crippen molar-refractivity contribution in [2.75, 3.05) is 13.1 Å². The molecule has 1 aliphatic rings. The Kier molecular flexibility index (Phi) is 6.96. The highest BCUT2D eigenvalue weighted by Gasteiger charge is 2.26. The van der Waals surface area contributed by atoms with E-state index in [-0.39, 0.29) is 0 Å². The maximum Gasteiger partial charge on any atom is 0.191 e. The second kappa shape index (κ2) is 10.4. The molecule has 0 amide bonds. The van der Waals surface area contributed by atoms with E-state index in [2.05, 4.69) is 72.8 Å². The summed E-state index contributed by atoms with van der Waals surface area (Å²) in [5, 5.41) is 14.8. The molecule has 7 heteroatoms. The minimum absolute atomic E-state index is 0.456. The summed E-state index contributed by atoms with van der Waals surface area (Å²) in [5.41, 5.74) is 3.91. The molecule has 3 aromatic heterocycles. The average molecular weight is 462 g/mol. The van der Waals surface area contributed by atoms with Crippen LogP contribution in [0.2, 0.25) is 0 Å². The number of thioether (sulfide) groups is 1. The standard InChI is InChI=1S/C25H27N5S2/c1-2-5-20(6-3-1)17-30-24(27-28-25(30)32-19-21-7-4-11-26-15-21)23-8-12-29(13-9-23)16-22-10-14-31-18-22/h1-7,10-11,14-15,18,23H,8-9,12-13,16-17,19H2. The first kappa shape index (κ1) is 21.4. The fraction of sp³-hybridized carbons (Fsp3) is 0.320. The number of pyridine rings is 1. The molecule has 0 bridgehead atoms. The number of hydrogen-bond donors (Lipinski definition) is 0. The van der Waals surface area contributed by atoms with Crippen LogP contribution in [0.15, 0.2) is 76.8 Å². The summed E-state index contributed by atoms with van der Waals surface area (Å²) in [6, 6.07) is 17.0. The van der Waals surface area contributed by atoms with Gasteiger partial charge in [0.15, 0.2) is 5.16 Å². The van der Waals surface area contributed by atoms with Crippen molar-refractivity contribution in [1.29, 1.82) is 0 Å². The van der Waals surface area contributed by atoms with Crippen molar-refractivity contribution in [2.45, 2.75) is 42.8 Å². The highest BCUT2D eigenvalue weighted by molar-refractivity contribution is 7.98. The monoisotopic (exact) mass is 461 g/mol. The summed E-state index contributed by atoms with van der Waals surface area (Å²) in [6.45, 7) is 4.08. The average Bonchev–Trinajstić information content (AvgIpc) is 3.50. The lowest BCUT2D eigenvalue weighted by molar-refractivity contribution is 0.200. The van der Waals surface area contributed by atoms with Crippen molar-refractivity contribution in [2.24, 2.45) is 0 Å². The maximum absolute atomic E-state index is 4.71. The first-order chi connectivity index (χ1) is 15.8. The molecule has 32 heavy (non-hydrogen) atoms. The lowest BCUT2D eigenvalue weighted by atomic mass is 9.95. The Labute approximate surface area is 197 Å². The predicted molar refractivity (Wildman–Crippen MR) is 131 cm³/mol. The third-order valence-corrected chi connectivity index (χ3v) is 7.73. The second-order valence-electron chi connectivity index (χ2n) is 8.24. The Bertz CT molecular complexity index is 1090. The van der Waals surface area contributed by atoms with Crippen molar-refractivity contribution in [1.82, 2.24) is 24.6 Å². The van der Waals surface area contributed by atoms with Gasteiger partial charge in [-0.1, -0.05) is 48.2 Å². The van der Waals surface area contributed by atoms with Gasteiger partial charge in [0.1, 0.15) is 5.82 Å². The summed E-state index contributed by atoms with van der Waals surface area (Å²) in [6.07, 6.45) is 6.00. The molecule has 1 aromatic carbocycles. The van der Waals surface area contributed by atoms with E-state index in [1.807, 2.05) is 18.5 Å². The quantitative estimate of drug-likeness (QED) is 0.326. The van der Waals surface area contributed by atoms with Crippen molar-refractivity contribution < 1.29 is 0 Å². The number of nitrogens with zero attached hydrogens (tertiary/aromatic N) is 5. The number of likely N-dealkylation sites (tertiary alicyclic amines) is 1. The van der Waals surface area contributed by atoms with E-state index >= 15 is 0 Å². The number of thiophene rings is 1. The molecule has 4 aromatic rings. The molecule has 1 saturated heterocycles. The largest absolute Gasteiger partial charge is 0.301 e. The van der Waals surface area contributed by atoms with E-state index < -0.39 is 0 Å². The second-order valence-corrected chi connectivity index (χ2v) is 9.97. The van der Waals surface area contributed by atoms with Gasteiger partial charge in [0.2, 0.25) is 0 Å². The molecule has 1 aliphatic heterocycles. The number of benzene rings is 1. The number of hydrogen-bond acceptors (Lipinski definition) is 6. The lowest BCUT2D eigenvalue weighted by Gasteiger charge is -2.31. The highest BCUT2D eigenvalue weighted by atomic mass is 32.2. The van der Waals surface area contributed by atoms with E-state index in [0.29, 0.717) is 5.92 Å². The topological polar surface area (TPSA) is 46.8 Å². The van der Waals surface area contributed by atoms with Crippen LogP contribution in [0.5, 0.6) is 0 Å². The van der Waals surface area contributed by atoms with Crippen LogP contribution < -0.4 is 0 Å². The first-order valence-corrected chi connectivity index (χ1v) is 13.0. The normalized spacial score (nSPS) is 15.2. The molecule has 0 aliphatic carbocycles. The third-order valence-electron chi connectivity index (χ3n) is 5.96. The molecule has 5 rings (SSSR count). The Morgan fingerprint density at radius 1 is 0.906 bits per heavy atom. The van der Waals surface area contributed by atoms with Crippen molar-refractivity contribution >= 4 is 23.1 Å². The molecule has 0 radical (unpaired) electrons. The summed E-state index contributed by atoms with van der Waals surface area (Å²) in [5.74, 6) is 2.44. The summed E-state index contributed by atoms with van der Waals surface area (Å²) >= 11 is 3.53. The van der Waals surface area contributed by atoms with Crippen molar-refractivity contribution in [3.05, 3.63) is 94.2 Å². The Morgan fingerprint density at radius 2 is 1.75 bits per heavy atom. The van der Waals surface area contributed by atoms with Gasteiger partial charge in [-0.25, -0.2) is 0 Å². The van der Waals surface area contributed by atoms with Crippen LogP contribution >= 0.6 is 23.1 Å². The van der Waals surface area contributed by atoms with Gasteiger partial charge in [0.25, 0.3) is 0 Å². The molecule has 5 nitrogen and oxygen atoms in total. The first-order valence-electron chi connectivity index (χ1n) is 11.1. The van der Waals surface area contributed by atoms with Gasteiger partial charge >= 0.3 is 0 Å². The molecular formula is C25H27N5S2. The Morgan fingerprint density at radius 3 is 2.50 bits per heavy atom. The van der Waals surface area contributed by atoms with Gasteiger partial charge in [-0.2, -0.15) is 11.3 Å². The molecule has 0 atom stereocenters. The zero-order valence-corrected chi connectivity index (χ0v) is 19.6. The summed E-state index contributed by atoms with van der Waals surface area (Å²) in [7, 11) is 0. The molecular weight excluding hydrogens is 434 g/mol. The van der Waals surface area contributed by atoms with Crippen LogP contribution in [-0.2, 0) is 18.8 Å². The molecule has 164 valence electrons. The zero-order valence-electron chi connectivity index (χ0n) is 18.0.